The van der Waals surface area contributed by atoms with Gasteiger partial charge in [0.15, 0.2) is 0 Å². The van der Waals surface area contributed by atoms with E-state index in [-0.39, 0.29) is 17.7 Å². The maximum absolute atomic E-state index is 12.6. The van der Waals surface area contributed by atoms with E-state index in [1.807, 2.05) is 0 Å². The van der Waals surface area contributed by atoms with Crippen molar-refractivity contribution < 1.29 is 29.3 Å². The van der Waals surface area contributed by atoms with Crippen molar-refractivity contribution in [2.45, 2.75) is 62.5 Å². The molecule has 8 nitrogen and oxygen atoms in total. The van der Waals surface area contributed by atoms with Crippen LogP contribution in [0.15, 0.2) is 42.5 Å². The zero-order valence-electron chi connectivity index (χ0n) is 18.2. The van der Waals surface area contributed by atoms with Crippen LogP contribution >= 0.6 is 0 Å². The number of carbonyl (C=O) groups excluding carboxylic acids is 1. The molecule has 4 aliphatic rings. The minimum Gasteiger partial charge on any atom is -0.478 e. The first-order valence-corrected chi connectivity index (χ1v) is 11.3. The highest BCUT2D eigenvalue weighted by Gasteiger charge is 2.43. The summed E-state index contributed by atoms with van der Waals surface area (Å²) in [5.74, 6) is -2.10. The monoisotopic (exact) mass is 444 g/mol. The number of benzene rings is 1. The summed E-state index contributed by atoms with van der Waals surface area (Å²) in [7, 11) is 0. The van der Waals surface area contributed by atoms with Gasteiger partial charge in [0.1, 0.15) is 5.60 Å². The van der Waals surface area contributed by atoms with Crippen LogP contribution in [0.4, 0.5) is 4.79 Å². The largest absolute Gasteiger partial charge is 0.478 e. The molecule has 32 heavy (non-hydrogen) atoms. The van der Waals surface area contributed by atoms with Gasteiger partial charge in [-0.15, -0.1) is 0 Å². The lowest BCUT2D eigenvalue weighted by Crippen LogP contribution is -2.56. The van der Waals surface area contributed by atoms with Crippen LogP contribution in [-0.4, -0.2) is 64.4 Å². The van der Waals surface area contributed by atoms with Crippen LogP contribution in [-0.2, 0) is 14.3 Å². The molecule has 1 aromatic rings. The number of nitrogens with one attached hydrogen (secondary N) is 1. The first-order valence-electron chi connectivity index (χ1n) is 11.3. The van der Waals surface area contributed by atoms with Crippen LogP contribution in [0.2, 0.25) is 0 Å². The van der Waals surface area contributed by atoms with Crippen molar-refractivity contribution in [2.75, 3.05) is 19.6 Å². The molecule has 1 amide bonds. The Bertz CT molecular complexity index is 787. The second-order valence-electron chi connectivity index (χ2n) is 8.73. The van der Waals surface area contributed by atoms with Gasteiger partial charge in [0.25, 0.3) is 0 Å². The number of amides is 1. The number of carboxylic acids is 2. The lowest BCUT2D eigenvalue weighted by Gasteiger charge is -2.47. The van der Waals surface area contributed by atoms with E-state index in [0.717, 1.165) is 51.7 Å². The van der Waals surface area contributed by atoms with Crippen molar-refractivity contribution in [3.05, 3.63) is 48.0 Å². The van der Waals surface area contributed by atoms with Gasteiger partial charge in [-0.1, -0.05) is 43.2 Å². The number of nitrogens with zero attached hydrogens (tertiary/aromatic N) is 1. The van der Waals surface area contributed by atoms with Crippen molar-refractivity contribution in [3.63, 3.8) is 0 Å². The van der Waals surface area contributed by atoms with E-state index >= 15 is 0 Å². The molecule has 8 heteroatoms. The minimum absolute atomic E-state index is 0.196. The second kappa shape index (κ2) is 11.1. The van der Waals surface area contributed by atoms with Gasteiger partial charge in [-0.25, -0.2) is 14.4 Å². The molecule has 0 unspecified atom stereocenters. The third kappa shape index (κ3) is 6.82. The van der Waals surface area contributed by atoms with Crippen molar-refractivity contribution in [2.24, 2.45) is 0 Å². The molecule has 174 valence electrons. The average molecular weight is 445 g/mol. The number of carboxylic acid groups (broad SMARTS) is 2. The van der Waals surface area contributed by atoms with Crippen LogP contribution in [0.3, 0.4) is 0 Å². The van der Waals surface area contributed by atoms with E-state index in [4.69, 9.17) is 14.9 Å². The average Bonchev–Trinajstić information content (AvgIpc) is 2.80. The number of aliphatic carboxylic acids is 2. The van der Waals surface area contributed by atoms with E-state index in [1.54, 1.807) is 0 Å². The summed E-state index contributed by atoms with van der Waals surface area (Å²) in [5.41, 5.74) is 1.14. The Kier molecular flexibility index (Phi) is 8.27. The first kappa shape index (κ1) is 23.8. The van der Waals surface area contributed by atoms with E-state index in [0.29, 0.717) is 18.1 Å². The number of ether oxygens (including phenoxy) is 1. The van der Waals surface area contributed by atoms with Crippen molar-refractivity contribution >= 4 is 18.0 Å². The van der Waals surface area contributed by atoms with Gasteiger partial charge in [-0.05, 0) is 18.4 Å². The summed E-state index contributed by atoms with van der Waals surface area (Å²) in [6, 6.07) is 10.8. The summed E-state index contributed by atoms with van der Waals surface area (Å²) in [5, 5.41) is 18.8. The SMILES string of the molecule is O=C(N[C@@H]1CCCC[C@H]1c1ccccc1)OC12CCN(CC1)CC2.O=C(O)/C=C/C(=O)O. The zero-order valence-corrected chi connectivity index (χ0v) is 18.2. The molecule has 0 aromatic heterocycles. The Labute approximate surface area is 188 Å². The summed E-state index contributed by atoms with van der Waals surface area (Å²) in [4.78, 5) is 34.2. The maximum Gasteiger partial charge on any atom is 0.407 e. The topological polar surface area (TPSA) is 116 Å². The Balaban J connectivity index is 0.000000312. The minimum atomic E-state index is -1.26. The normalized spacial score (nSPS) is 28.9. The molecule has 1 aromatic carbocycles. The van der Waals surface area contributed by atoms with Crippen molar-refractivity contribution in [1.82, 2.24) is 10.2 Å². The van der Waals surface area contributed by atoms with E-state index in [2.05, 4.69) is 40.5 Å². The smallest absolute Gasteiger partial charge is 0.407 e. The molecule has 3 N–H and O–H groups in total. The molecule has 0 radical (unpaired) electrons. The maximum atomic E-state index is 12.6. The van der Waals surface area contributed by atoms with Crippen LogP contribution in [0.1, 0.15) is 56.4 Å². The third-order valence-electron chi connectivity index (χ3n) is 6.63. The molecular weight excluding hydrogens is 412 g/mol. The number of hydrogen-bond acceptors (Lipinski definition) is 5. The molecule has 2 bridgehead atoms. The van der Waals surface area contributed by atoms with Gasteiger partial charge in [0.2, 0.25) is 0 Å². The van der Waals surface area contributed by atoms with E-state index in [9.17, 15) is 14.4 Å². The van der Waals surface area contributed by atoms with Gasteiger partial charge < -0.3 is 25.2 Å². The predicted octanol–water partition coefficient (Wildman–Crippen LogP) is 3.39. The number of piperidine rings is 3. The molecule has 0 spiro atoms. The Hall–Kier alpha value is -2.87. The standard InChI is InChI=1S/C20H28N2O2.C4H4O4/c23-19(24-20-10-13-22(14-11-20)15-12-20)21-18-9-5-4-8-17(18)16-6-2-1-3-7-16;5-3(6)1-2-4(7)8/h1-3,6-7,17-18H,4-5,8-15H2,(H,21,23);1-2H,(H,5,6)(H,7,8)/b;2-1+/t17-,18+;/m0./s1. The quantitative estimate of drug-likeness (QED) is 0.596. The Morgan fingerprint density at radius 2 is 1.50 bits per heavy atom. The molecule has 1 aliphatic carbocycles. The number of carbonyl (C=O) groups is 3. The molecule has 3 aliphatic heterocycles. The van der Waals surface area contributed by atoms with E-state index < -0.39 is 11.9 Å². The predicted molar refractivity (Wildman–Crippen MR) is 118 cm³/mol. The lowest BCUT2D eigenvalue weighted by atomic mass is 9.80. The number of hydrogen-bond donors (Lipinski definition) is 3. The van der Waals surface area contributed by atoms with Gasteiger partial charge in [-0.2, -0.15) is 0 Å². The summed E-state index contributed by atoms with van der Waals surface area (Å²) in [6.07, 6.45) is 8.53. The van der Waals surface area contributed by atoms with Crippen LogP contribution in [0, 0.1) is 0 Å². The molecule has 5 rings (SSSR count). The molecule has 3 heterocycles. The molecule has 2 atom stereocenters. The van der Waals surface area contributed by atoms with Crippen LogP contribution in [0.25, 0.3) is 0 Å². The lowest BCUT2D eigenvalue weighted by molar-refractivity contribution is -0.134. The summed E-state index contributed by atoms with van der Waals surface area (Å²) >= 11 is 0. The molecular formula is C24H32N2O6. The second-order valence-corrected chi connectivity index (χ2v) is 8.73. The fourth-order valence-corrected chi connectivity index (χ4v) is 4.87. The summed E-state index contributed by atoms with van der Waals surface area (Å²) in [6.45, 7) is 3.22. The van der Waals surface area contributed by atoms with Gasteiger partial charge in [0.05, 0.1) is 0 Å². The molecule has 1 saturated carbocycles. The van der Waals surface area contributed by atoms with E-state index in [1.165, 1.54) is 18.4 Å². The molecule has 4 fully saturated rings. The zero-order chi connectivity index (χ0) is 23.0. The highest BCUT2D eigenvalue weighted by molar-refractivity contribution is 5.89. The van der Waals surface area contributed by atoms with Crippen LogP contribution in [0.5, 0.6) is 0 Å². The number of rotatable bonds is 5. The number of alkyl carbamates (subject to hydrolysis) is 1. The van der Waals surface area contributed by atoms with Crippen LogP contribution < -0.4 is 5.32 Å². The Morgan fingerprint density at radius 3 is 2.06 bits per heavy atom. The molecule has 3 saturated heterocycles. The highest BCUT2D eigenvalue weighted by Crippen LogP contribution is 2.36. The van der Waals surface area contributed by atoms with Crippen molar-refractivity contribution in [1.29, 1.82) is 0 Å². The Morgan fingerprint density at radius 1 is 0.938 bits per heavy atom. The fraction of sp³-hybridized carbons (Fsp3) is 0.542. The van der Waals surface area contributed by atoms with Gasteiger partial charge in [0, 0.05) is 63.0 Å². The summed E-state index contributed by atoms with van der Waals surface area (Å²) < 4.78 is 5.98. The first-order chi connectivity index (χ1) is 15.4. The number of fused-ring (bicyclic) bond motifs is 3. The van der Waals surface area contributed by atoms with Gasteiger partial charge >= 0.3 is 18.0 Å². The fourth-order valence-electron chi connectivity index (χ4n) is 4.87. The van der Waals surface area contributed by atoms with Crippen molar-refractivity contribution in [3.8, 4) is 0 Å². The highest BCUT2D eigenvalue weighted by atomic mass is 16.6. The third-order valence-corrected chi connectivity index (χ3v) is 6.63. The van der Waals surface area contributed by atoms with Gasteiger partial charge in [-0.3, -0.25) is 0 Å².